The lowest BCUT2D eigenvalue weighted by molar-refractivity contribution is -0.359. The van der Waals surface area contributed by atoms with Crippen molar-refractivity contribution in [3.8, 4) is 0 Å². The largest absolute Gasteiger partial charge is 0.394 e. The number of ether oxygens (including phenoxy) is 4. The summed E-state index contributed by atoms with van der Waals surface area (Å²) in [6.07, 6.45) is 69.8. The Hall–Kier alpha value is -4.65. The number of carbonyl (C=O) groups is 1. The first kappa shape index (κ1) is 78.4. The SMILES string of the molecule is CC/C=C\C/C=C\C/C=C\C/C=C\C/C=C\C/C=C\C/C=C\C/C=C\C/C=C\C/C=C\C/C=C\CCCCCCCC(=O)NC(COC1OC(CO)C(OC2OC(CO)C(O)C(O)C2O)C(O)C1O)C(O)/C=C/CC/C=C/CC/C=C/CCCCCC. The Morgan fingerprint density at radius 3 is 1.26 bits per heavy atom. The molecule has 1 amide bonds. The third kappa shape index (κ3) is 39.9. The molecule has 2 fully saturated rings. The van der Waals surface area contributed by atoms with Gasteiger partial charge in [-0.1, -0.05) is 223 Å². The lowest BCUT2D eigenvalue weighted by Crippen LogP contribution is -2.65. The van der Waals surface area contributed by atoms with Crippen LogP contribution in [0, 0.1) is 0 Å². The Morgan fingerprint density at radius 2 is 0.805 bits per heavy atom. The number of hydrogen-bond acceptors (Lipinski definition) is 13. The number of allylic oxidation sites excluding steroid dienone is 27. The number of carbonyl (C=O) groups excluding carboxylic acids is 1. The monoisotopic (exact) mass is 1210 g/mol. The number of amides is 1. The summed E-state index contributed by atoms with van der Waals surface area (Å²) < 4.78 is 22.7. The molecule has 0 bridgehead atoms. The van der Waals surface area contributed by atoms with Crippen molar-refractivity contribution in [2.75, 3.05) is 19.8 Å². The van der Waals surface area contributed by atoms with Crippen LogP contribution in [0.15, 0.2) is 170 Å². The highest BCUT2D eigenvalue weighted by atomic mass is 16.7. The van der Waals surface area contributed by atoms with Gasteiger partial charge in [-0.15, -0.1) is 0 Å². The molecule has 490 valence electrons. The molecule has 0 aliphatic carbocycles. The lowest BCUT2D eigenvalue weighted by Gasteiger charge is -2.46. The lowest BCUT2D eigenvalue weighted by atomic mass is 9.97. The summed E-state index contributed by atoms with van der Waals surface area (Å²) in [5.41, 5.74) is 0. The van der Waals surface area contributed by atoms with Gasteiger partial charge in [0.15, 0.2) is 12.6 Å². The molecule has 2 aliphatic rings. The fourth-order valence-electron chi connectivity index (χ4n) is 9.38. The van der Waals surface area contributed by atoms with Gasteiger partial charge in [0.1, 0.15) is 48.8 Å². The molecule has 0 radical (unpaired) electrons. The van der Waals surface area contributed by atoms with Gasteiger partial charge in [-0.3, -0.25) is 4.79 Å². The maximum atomic E-state index is 13.3. The van der Waals surface area contributed by atoms with Crippen molar-refractivity contribution in [1.29, 1.82) is 0 Å². The number of hydrogen-bond donors (Lipinski definition) is 9. The minimum Gasteiger partial charge on any atom is -0.394 e. The van der Waals surface area contributed by atoms with E-state index in [0.717, 1.165) is 128 Å². The molecule has 14 heteroatoms. The molecule has 14 nitrogen and oxygen atoms in total. The highest BCUT2D eigenvalue weighted by Crippen LogP contribution is 2.30. The van der Waals surface area contributed by atoms with Crippen molar-refractivity contribution < 1.29 is 64.6 Å². The van der Waals surface area contributed by atoms with E-state index in [9.17, 15) is 45.6 Å². The maximum absolute atomic E-state index is 13.3. The molecule has 0 aromatic rings. The van der Waals surface area contributed by atoms with Gasteiger partial charge in [0, 0.05) is 6.42 Å². The van der Waals surface area contributed by atoms with Gasteiger partial charge in [-0.2, -0.15) is 0 Å². The molecule has 0 aromatic heterocycles. The van der Waals surface area contributed by atoms with Crippen molar-refractivity contribution in [3.05, 3.63) is 170 Å². The molecular weight excluding hydrogens is 1100 g/mol. The molecule has 2 heterocycles. The van der Waals surface area contributed by atoms with Crippen LogP contribution in [-0.4, -0.2) is 140 Å². The fourth-order valence-corrected chi connectivity index (χ4v) is 9.38. The average molecular weight is 1210 g/mol. The molecule has 2 aliphatic heterocycles. The highest BCUT2D eigenvalue weighted by molar-refractivity contribution is 5.76. The van der Waals surface area contributed by atoms with Crippen LogP contribution in [0.2, 0.25) is 0 Å². The van der Waals surface area contributed by atoms with E-state index in [1.165, 1.54) is 25.7 Å². The topological polar surface area (TPSA) is 228 Å². The van der Waals surface area contributed by atoms with Crippen LogP contribution >= 0.6 is 0 Å². The van der Waals surface area contributed by atoms with Crippen LogP contribution in [0.1, 0.15) is 187 Å². The summed E-state index contributed by atoms with van der Waals surface area (Å²) >= 11 is 0. The average Bonchev–Trinajstić information content (AvgIpc) is 2.05. The van der Waals surface area contributed by atoms with Crippen LogP contribution in [0.25, 0.3) is 0 Å². The Morgan fingerprint density at radius 1 is 0.425 bits per heavy atom. The second kappa shape index (κ2) is 55.4. The Bertz CT molecular complexity index is 2110. The first-order chi connectivity index (χ1) is 42.6. The maximum Gasteiger partial charge on any atom is 0.220 e. The molecule has 0 aromatic carbocycles. The third-order valence-electron chi connectivity index (χ3n) is 14.6. The summed E-state index contributed by atoms with van der Waals surface area (Å²) in [4.78, 5) is 13.3. The number of nitrogens with one attached hydrogen (secondary N) is 1. The van der Waals surface area contributed by atoms with E-state index < -0.39 is 86.8 Å². The summed E-state index contributed by atoms with van der Waals surface area (Å²) in [5, 5.41) is 87.1. The normalized spacial score (nSPS) is 24.4. The van der Waals surface area contributed by atoms with E-state index in [-0.39, 0.29) is 18.9 Å². The molecule has 0 spiro atoms. The van der Waals surface area contributed by atoms with E-state index in [1.54, 1.807) is 6.08 Å². The number of rotatable bonds is 50. The molecule has 9 N–H and O–H groups in total. The van der Waals surface area contributed by atoms with Gasteiger partial charge >= 0.3 is 0 Å². The van der Waals surface area contributed by atoms with Crippen molar-refractivity contribution in [3.63, 3.8) is 0 Å². The van der Waals surface area contributed by atoms with Gasteiger partial charge in [-0.25, -0.2) is 0 Å². The predicted molar refractivity (Wildman–Crippen MR) is 354 cm³/mol. The van der Waals surface area contributed by atoms with Crippen molar-refractivity contribution in [2.45, 2.75) is 261 Å². The second-order valence-electron chi connectivity index (χ2n) is 22.1. The zero-order valence-electron chi connectivity index (χ0n) is 52.9. The quantitative estimate of drug-likeness (QED) is 0.0204. The van der Waals surface area contributed by atoms with Gasteiger partial charge in [0.05, 0.1) is 32.0 Å². The van der Waals surface area contributed by atoms with Gasteiger partial charge in [-0.05, 0) is 128 Å². The van der Waals surface area contributed by atoms with Crippen LogP contribution < -0.4 is 5.32 Å². The van der Waals surface area contributed by atoms with E-state index in [4.69, 9.17) is 18.9 Å². The number of unbranched alkanes of at least 4 members (excludes halogenated alkanes) is 11. The van der Waals surface area contributed by atoms with Crippen LogP contribution in [0.4, 0.5) is 0 Å². The summed E-state index contributed by atoms with van der Waals surface area (Å²) in [7, 11) is 0. The Labute approximate surface area is 524 Å². The number of aliphatic hydroxyl groups excluding tert-OH is 8. The van der Waals surface area contributed by atoms with Crippen molar-refractivity contribution >= 4 is 5.91 Å². The van der Waals surface area contributed by atoms with Crippen LogP contribution in [0.5, 0.6) is 0 Å². The first-order valence-corrected chi connectivity index (χ1v) is 32.9. The summed E-state index contributed by atoms with van der Waals surface area (Å²) in [6.45, 7) is 2.59. The molecule has 87 heavy (non-hydrogen) atoms. The van der Waals surface area contributed by atoms with Crippen LogP contribution in [0.3, 0.4) is 0 Å². The van der Waals surface area contributed by atoms with Gasteiger partial charge in [0.25, 0.3) is 0 Å². The van der Waals surface area contributed by atoms with Crippen molar-refractivity contribution in [1.82, 2.24) is 5.32 Å². The van der Waals surface area contributed by atoms with Gasteiger partial charge < -0.3 is 65.1 Å². The zero-order chi connectivity index (χ0) is 63.1. The van der Waals surface area contributed by atoms with E-state index in [0.29, 0.717) is 12.8 Å². The summed E-state index contributed by atoms with van der Waals surface area (Å²) in [6, 6.07) is -0.961. The molecular formula is C73H115NO13. The standard InChI is InChI=1S/C73H115NO13/c1-3-5-7-9-11-13-15-17-19-20-21-22-23-24-25-26-27-28-29-30-31-32-33-34-35-36-37-38-39-40-41-42-43-45-47-49-51-53-55-57-65(78)74-61(62(77)56-54-52-50-48-46-44-18-16-14-12-10-8-6-4-2)60-84-72-70(83)68(81)71(64(59-76)86-72)87-73-69(82)67(80)66(79)63(58-75)85-73/h5,7,11,13-14,16-17,19,21-22,24-25,27-28,30-31,33-34,36-37,39-40,42-43,46,48,54,56,61-64,66-73,75-77,79-83H,3-4,6,8-10,12,15,18,20,23,26,29,32,35,38,41,44-45,47,49-53,55,57-60H2,1-2H3,(H,74,78)/b7-5-,13-11-,16-14+,19-17-,22-21-,25-24-,28-27-,31-30-,34-33-,37-36-,40-39-,43-42-,48-46+,56-54+. The molecule has 0 saturated carbocycles. The molecule has 2 saturated heterocycles. The van der Waals surface area contributed by atoms with Crippen LogP contribution in [-0.2, 0) is 23.7 Å². The first-order valence-electron chi connectivity index (χ1n) is 32.9. The second-order valence-corrected chi connectivity index (χ2v) is 22.1. The minimum absolute atomic E-state index is 0.235. The summed E-state index contributed by atoms with van der Waals surface area (Å²) in [5.74, 6) is -0.281. The van der Waals surface area contributed by atoms with E-state index in [1.807, 2.05) is 6.08 Å². The third-order valence-corrected chi connectivity index (χ3v) is 14.6. The number of aliphatic hydroxyl groups is 8. The van der Waals surface area contributed by atoms with E-state index in [2.05, 4.69) is 177 Å². The Kier molecular flexibility index (Phi) is 50.0. The molecule has 2 rings (SSSR count). The molecule has 12 unspecified atom stereocenters. The predicted octanol–water partition coefficient (Wildman–Crippen LogP) is 12.8. The van der Waals surface area contributed by atoms with Gasteiger partial charge in [0.2, 0.25) is 5.91 Å². The smallest absolute Gasteiger partial charge is 0.220 e. The zero-order valence-corrected chi connectivity index (χ0v) is 52.9. The highest BCUT2D eigenvalue weighted by Gasteiger charge is 2.51. The van der Waals surface area contributed by atoms with E-state index >= 15 is 0 Å². The van der Waals surface area contributed by atoms with Crippen molar-refractivity contribution in [2.24, 2.45) is 0 Å². The Balaban J connectivity index is 1.68. The fraction of sp³-hybridized carbons (Fsp3) is 0.603. The minimum atomic E-state index is -1.80. The molecule has 12 atom stereocenters.